The van der Waals surface area contributed by atoms with Crippen molar-refractivity contribution in [3.63, 3.8) is 0 Å². The zero-order valence-electron chi connectivity index (χ0n) is 9.24. The first kappa shape index (κ1) is 11.7. The number of ketones is 1. The SMILES string of the molecule is O=C(CNC[C@H]1CCCNC1)c1nccs1. The molecular formula is C11H17N3OS. The molecule has 5 heteroatoms. The third-order valence-corrected chi connectivity index (χ3v) is 3.60. The molecule has 1 fully saturated rings. The van der Waals surface area contributed by atoms with Gasteiger partial charge in [0.2, 0.25) is 5.78 Å². The lowest BCUT2D eigenvalue weighted by molar-refractivity contribution is 0.0989. The Morgan fingerprint density at radius 2 is 2.62 bits per heavy atom. The molecule has 2 heterocycles. The van der Waals surface area contributed by atoms with Gasteiger partial charge in [-0.3, -0.25) is 4.79 Å². The van der Waals surface area contributed by atoms with Crippen LogP contribution in [0.2, 0.25) is 0 Å². The van der Waals surface area contributed by atoms with Crippen LogP contribution < -0.4 is 10.6 Å². The van der Waals surface area contributed by atoms with E-state index in [1.165, 1.54) is 24.2 Å². The van der Waals surface area contributed by atoms with Gasteiger partial charge in [-0.05, 0) is 38.4 Å². The molecule has 1 aliphatic rings. The Balaban J connectivity index is 1.66. The van der Waals surface area contributed by atoms with Crippen LogP contribution in [0, 0.1) is 5.92 Å². The molecule has 2 N–H and O–H groups in total. The highest BCUT2D eigenvalue weighted by molar-refractivity contribution is 7.11. The van der Waals surface area contributed by atoms with E-state index < -0.39 is 0 Å². The van der Waals surface area contributed by atoms with Gasteiger partial charge in [0.15, 0.2) is 5.01 Å². The van der Waals surface area contributed by atoms with Gasteiger partial charge in [-0.15, -0.1) is 11.3 Å². The fourth-order valence-corrected chi connectivity index (χ4v) is 2.50. The van der Waals surface area contributed by atoms with E-state index in [2.05, 4.69) is 15.6 Å². The fourth-order valence-electron chi connectivity index (χ4n) is 1.92. The molecule has 1 saturated heterocycles. The summed E-state index contributed by atoms with van der Waals surface area (Å²) < 4.78 is 0. The first-order valence-electron chi connectivity index (χ1n) is 5.70. The lowest BCUT2D eigenvalue weighted by atomic mass is 10.00. The van der Waals surface area contributed by atoms with E-state index in [0.717, 1.165) is 19.6 Å². The number of thiazole rings is 1. The second-order valence-corrected chi connectivity index (χ2v) is 5.00. The quantitative estimate of drug-likeness (QED) is 0.750. The van der Waals surface area contributed by atoms with Gasteiger partial charge >= 0.3 is 0 Å². The van der Waals surface area contributed by atoms with Crippen molar-refractivity contribution >= 4 is 17.1 Å². The Morgan fingerprint density at radius 3 is 3.31 bits per heavy atom. The molecule has 16 heavy (non-hydrogen) atoms. The first-order valence-corrected chi connectivity index (χ1v) is 6.58. The van der Waals surface area contributed by atoms with Crippen LogP contribution in [0.1, 0.15) is 22.6 Å². The van der Waals surface area contributed by atoms with Crippen LogP contribution in [-0.4, -0.2) is 36.9 Å². The van der Waals surface area contributed by atoms with E-state index in [-0.39, 0.29) is 5.78 Å². The highest BCUT2D eigenvalue weighted by Gasteiger charge is 2.13. The summed E-state index contributed by atoms with van der Waals surface area (Å²) in [4.78, 5) is 15.6. The molecule has 0 bridgehead atoms. The number of nitrogens with zero attached hydrogens (tertiary/aromatic N) is 1. The molecule has 88 valence electrons. The number of Topliss-reactive ketones (excluding diaryl/α,β-unsaturated/α-hetero) is 1. The molecular weight excluding hydrogens is 222 g/mol. The van der Waals surface area contributed by atoms with Crippen molar-refractivity contribution in [3.8, 4) is 0 Å². The van der Waals surface area contributed by atoms with Gasteiger partial charge in [0.25, 0.3) is 0 Å². The van der Waals surface area contributed by atoms with E-state index in [1.807, 2.05) is 5.38 Å². The summed E-state index contributed by atoms with van der Waals surface area (Å²) in [6, 6.07) is 0. The smallest absolute Gasteiger partial charge is 0.205 e. The number of piperidine rings is 1. The number of aromatic nitrogens is 1. The largest absolute Gasteiger partial charge is 0.316 e. The Hall–Kier alpha value is -0.780. The molecule has 0 amide bonds. The number of carbonyl (C=O) groups is 1. The minimum absolute atomic E-state index is 0.0961. The lowest BCUT2D eigenvalue weighted by Crippen LogP contribution is -2.37. The number of hydrogen-bond acceptors (Lipinski definition) is 5. The Labute approximate surface area is 99.5 Å². The van der Waals surface area contributed by atoms with Gasteiger partial charge in [-0.2, -0.15) is 0 Å². The molecule has 0 aliphatic carbocycles. The van der Waals surface area contributed by atoms with Gasteiger partial charge in [0.05, 0.1) is 6.54 Å². The highest BCUT2D eigenvalue weighted by Crippen LogP contribution is 2.08. The summed E-state index contributed by atoms with van der Waals surface area (Å²) in [6.45, 7) is 3.53. The molecule has 0 saturated carbocycles. The number of carbonyl (C=O) groups excluding carboxylic acids is 1. The van der Waals surface area contributed by atoms with E-state index in [4.69, 9.17) is 0 Å². The minimum Gasteiger partial charge on any atom is -0.316 e. The van der Waals surface area contributed by atoms with Crippen molar-refractivity contribution in [2.75, 3.05) is 26.2 Å². The summed E-state index contributed by atoms with van der Waals surface area (Å²) >= 11 is 1.40. The molecule has 1 atom stereocenters. The van der Waals surface area contributed by atoms with Crippen LogP contribution in [0.25, 0.3) is 0 Å². The molecule has 1 aromatic heterocycles. The Kier molecular flexibility index (Phi) is 4.44. The maximum atomic E-state index is 11.6. The predicted molar refractivity (Wildman–Crippen MR) is 64.9 cm³/mol. The molecule has 2 rings (SSSR count). The number of nitrogens with one attached hydrogen (secondary N) is 2. The number of hydrogen-bond donors (Lipinski definition) is 2. The van der Waals surface area contributed by atoms with Crippen LogP contribution in [0.4, 0.5) is 0 Å². The van der Waals surface area contributed by atoms with Crippen molar-refractivity contribution in [3.05, 3.63) is 16.6 Å². The van der Waals surface area contributed by atoms with Gasteiger partial charge in [0.1, 0.15) is 0 Å². The van der Waals surface area contributed by atoms with Crippen molar-refractivity contribution in [2.45, 2.75) is 12.8 Å². The third-order valence-electron chi connectivity index (χ3n) is 2.79. The Morgan fingerprint density at radius 1 is 1.69 bits per heavy atom. The molecule has 0 unspecified atom stereocenters. The minimum atomic E-state index is 0.0961. The predicted octanol–water partition coefficient (Wildman–Crippen LogP) is 0.915. The summed E-state index contributed by atoms with van der Waals surface area (Å²) in [5.41, 5.74) is 0. The number of rotatable bonds is 5. The van der Waals surface area contributed by atoms with E-state index in [0.29, 0.717) is 17.5 Å². The highest BCUT2D eigenvalue weighted by atomic mass is 32.1. The zero-order valence-corrected chi connectivity index (χ0v) is 10.1. The summed E-state index contributed by atoms with van der Waals surface area (Å²) in [6.07, 6.45) is 4.17. The van der Waals surface area contributed by atoms with Crippen molar-refractivity contribution in [1.29, 1.82) is 0 Å². The van der Waals surface area contributed by atoms with Crippen molar-refractivity contribution in [1.82, 2.24) is 15.6 Å². The zero-order chi connectivity index (χ0) is 11.2. The molecule has 0 aromatic carbocycles. The molecule has 0 spiro atoms. The Bertz CT molecular complexity index is 320. The summed E-state index contributed by atoms with van der Waals surface area (Å²) in [5, 5.41) is 9.02. The third kappa shape index (κ3) is 3.37. The van der Waals surface area contributed by atoms with Crippen LogP contribution >= 0.6 is 11.3 Å². The second-order valence-electron chi connectivity index (χ2n) is 4.10. The van der Waals surface area contributed by atoms with Crippen LogP contribution in [0.3, 0.4) is 0 Å². The normalized spacial score (nSPS) is 20.9. The van der Waals surface area contributed by atoms with Crippen LogP contribution in [0.5, 0.6) is 0 Å². The molecule has 4 nitrogen and oxygen atoms in total. The molecule has 1 aliphatic heterocycles. The van der Waals surface area contributed by atoms with Crippen LogP contribution in [0.15, 0.2) is 11.6 Å². The maximum Gasteiger partial charge on any atom is 0.205 e. The topological polar surface area (TPSA) is 54.0 Å². The van der Waals surface area contributed by atoms with Gasteiger partial charge in [-0.1, -0.05) is 0 Å². The summed E-state index contributed by atoms with van der Waals surface area (Å²) in [5.74, 6) is 0.761. The van der Waals surface area contributed by atoms with E-state index >= 15 is 0 Å². The van der Waals surface area contributed by atoms with Gasteiger partial charge in [0, 0.05) is 11.6 Å². The van der Waals surface area contributed by atoms with Crippen molar-refractivity contribution in [2.24, 2.45) is 5.92 Å². The fraction of sp³-hybridized carbons (Fsp3) is 0.636. The average Bonchev–Trinajstić information content (AvgIpc) is 2.84. The standard InChI is InChI=1S/C11H17N3OS/c15-10(11-14-4-5-16-11)8-13-7-9-2-1-3-12-6-9/h4-5,9,12-13H,1-3,6-8H2/t9-/m0/s1. The van der Waals surface area contributed by atoms with E-state index in [1.54, 1.807) is 6.20 Å². The summed E-state index contributed by atoms with van der Waals surface area (Å²) in [7, 11) is 0. The van der Waals surface area contributed by atoms with Crippen LogP contribution in [-0.2, 0) is 0 Å². The molecule has 0 radical (unpaired) electrons. The van der Waals surface area contributed by atoms with Gasteiger partial charge in [-0.25, -0.2) is 4.98 Å². The first-order chi connectivity index (χ1) is 7.86. The second kappa shape index (κ2) is 6.08. The maximum absolute atomic E-state index is 11.6. The molecule has 1 aromatic rings. The monoisotopic (exact) mass is 239 g/mol. The van der Waals surface area contributed by atoms with E-state index in [9.17, 15) is 4.79 Å². The average molecular weight is 239 g/mol. The van der Waals surface area contributed by atoms with Crippen molar-refractivity contribution < 1.29 is 4.79 Å². The van der Waals surface area contributed by atoms with Gasteiger partial charge < -0.3 is 10.6 Å². The lowest BCUT2D eigenvalue weighted by Gasteiger charge is -2.22.